The van der Waals surface area contributed by atoms with Crippen LogP contribution in [-0.2, 0) is 4.79 Å². The summed E-state index contributed by atoms with van der Waals surface area (Å²) in [5, 5.41) is 9.10. The second-order valence-corrected chi connectivity index (χ2v) is 4.29. The number of nitrogens with zero attached hydrogens (tertiary/aromatic N) is 2. The number of hydrogen-bond donors (Lipinski definition) is 1. The summed E-state index contributed by atoms with van der Waals surface area (Å²) in [4.78, 5) is 13.8. The number of amides is 1. The van der Waals surface area contributed by atoms with Gasteiger partial charge in [-0.1, -0.05) is 20.3 Å². The molecular formula is C11H19N3O. The Morgan fingerprint density at radius 3 is 2.53 bits per heavy atom. The van der Waals surface area contributed by atoms with Crippen LogP contribution in [-0.4, -0.2) is 29.4 Å². The Morgan fingerprint density at radius 1 is 1.60 bits per heavy atom. The molecule has 0 bridgehead atoms. The van der Waals surface area contributed by atoms with Crippen LogP contribution < -0.4 is 5.73 Å². The molecule has 1 fully saturated rings. The molecule has 84 valence electrons. The number of likely N-dealkylation sites (tertiary alicyclic amines) is 1. The fraction of sp³-hybridized carbons (Fsp3) is 0.818. The summed E-state index contributed by atoms with van der Waals surface area (Å²) >= 11 is 0. The SMILES string of the molecule is CC[C@H](C)[C@](N)(C#N)C(=O)N1CCCC1. The minimum absolute atomic E-state index is 0.101. The molecule has 1 heterocycles. The number of carbonyl (C=O) groups excluding carboxylic acids is 1. The molecule has 1 rings (SSSR count). The monoisotopic (exact) mass is 209 g/mol. The molecule has 0 spiro atoms. The summed E-state index contributed by atoms with van der Waals surface area (Å²) in [6.07, 6.45) is 2.78. The predicted molar refractivity (Wildman–Crippen MR) is 57.8 cm³/mol. The minimum Gasteiger partial charge on any atom is -0.340 e. The maximum Gasteiger partial charge on any atom is 0.257 e. The predicted octanol–water partition coefficient (Wildman–Crippen LogP) is 0.876. The number of carbonyl (C=O) groups is 1. The van der Waals surface area contributed by atoms with Crippen LogP contribution in [0.15, 0.2) is 0 Å². The third kappa shape index (κ3) is 2.13. The van der Waals surface area contributed by atoms with E-state index in [-0.39, 0.29) is 11.8 Å². The van der Waals surface area contributed by atoms with E-state index in [0.717, 1.165) is 32.4 Å². The fourth-order valence-corrected chi connectivity index (χ4v) is 1.87. The van der Waals surface area contributed by atoms with E-state index >= 15 is 0 Å². The van der Waals surface area contributed by atoms with Crippen molar-refractivity contribution in [3.8, 4) is 6.07 Å². The third-order valence-electron chi connectivity index (χ3n) is 3.32. The standard InChI is InChI=1S/C11H19N3O/c1-3-9(2)11(13,8-12)10(15)14-6-4-5-7-14/h9H,3-7,13H2,1-2H3/t9-,11+/m0/s1. The van der Waals surface area contributed by atoms with Crippen LogP contribution in [0.25, 0.3) is 0 Å². The van der Waals surface area contributed by atoms with Crippen LogP contribution in [0.2, 0.25) is 0 Å². The largest absolute Gasteiger partial charge is 0.340 e. The average molecular weight is 209 g/mol. The maximum atomic E-state index is 12.1. The summed E-state index contributed by atoms with van der Waals surface area (Å²) in [6, 6.07) is 1.99. The van der Waals surface area contributed by atoms with Crippen molar-refractivity contribution in [3.05, 3.63) is 0 Å². The fourth-order valence-electron chi connectivity index (χ4n) is 1.87. The summed E-state index contributed by atoms with van der Waals surface area (Å²) in [7, 11) is 0. The lowest BCUT2D eigenvalue weighted by molar-refractivity contribution is -0.135. The third-order valence-corrected chi connectivity index (χ3v) is 3.32. The molecule has 0 radical (unpaired) electrons. The Morgan fingerprint density at radius 2 is 2.13 bits per heavy atom. The van der Waals surface area contributed by atoms with Crippen LogP contribution in [0.1, 0.15) is 33.1 Å². The quantitative estimate of drug-likeness (QED) is 0.750. The molecule has 0 aliphatic carbocycles. The highest BCUT2D eigenvalue weighted by Crippen LogP contribution is 2.22. The molecule has 1 aliphatic heterocycles. The van der Waals surface area contributed by atoms with Crippen molar-refractivity contribution in [2.45, 2.75) is 38.6 Å². The zero-order valence-corrected chi connectivity index (χ0v) is 9.49. The first-order valence-electron chi connectivity index (χ1n) is 5.55. The van der Waals surface area contributed by atoms with Crippen molar-refractivity contribution >= 4 is 5.91 Å². The topological polar surface area (TPSA) is 70.1 Å². The highest BCUT2D eigenvalue weighted by molar-refractivity contribution is 5.89. The number of nitriles is 1. The molecule has 0 unspecified atom stereocenters. The molecule has 1 amide bonds. The van der Waals surface area contributed by atoms with Gasteiger partial charge in [-0.05, 0) is 18.8 Å². The van der Waals surface area contributed by atoms with Crippen molar-refractivity contribution in [1.82, 2.24) is 4.90 Å². The van der Waals surface area contributed by atoms with Crippen LogP contribution in [0.4, 0.5) is 0 Å². The molecule has 4 heteroatoms. The number of hydrogen-bond acceptors (Lipinski definition) is 3. The van der Waals surface area contributed by atoms with Crippen molar-refractivity contribution in [3.63, 3.8) is 0 Å². The molecule has 2 atom stereocenters. The van der Waals surface area contributed by atoms with Gasteiger partial charge in [0.1, 0.15) is 0 Å². The van der Waals surface area contributed by atoms with Crippen LogP contribution in [0, 0.1) is 17.2 Å². The van der Waals surface area contributed by atoms with Crippen molar-refractivity contribution in [1.29, 1.82) is 5.26 Å². The Balaban J connectivity index is 2.81. The summed E-state index contributed by atoms with van der Waals surface area (Å²) in [6.45, 7) is 5.30. The second kappa shape index (κ2) is 4.63. The lowest BCUT2D eigenvalue weighted by atomic mass is 9.84. The summed E-state index contributed by atoms with van der Waals surface area (Å²) in [5.74, 6) is -0.299. The van der Waals surface area contributed by atoms with Crippen LogP contribution >= 0.6 is 0 Å². The molecule has 15 heavy (non-hydrogen) atoms. The number of rotatable bonds is 3. The first-order valence-corrected chi connectivity index (χ1v) is 5.55. The molecular weight excluding hydrogens is 190 g/mol. The molecule has 0 aromatic heterocycles. The second-order valence-electron chi connectivity index (χ2n) is 4.29. The van der Waals surface area contributed by atoms with E-state index in [0.29, 0.717) is 0 Å². The van der Waals surface area contributed by atoms with E-state index in [9.17, 15) is 4.79 Å². The van der Waals surface area contributed by atoms with Gasteiger partial charge in [-0.25, -0.2) is 0 Å². The first kappa shape index (κ1) is 12.0. The molecule has 1 aliphatic rings. The normalized spacial score (nSPS) is 21.9. The maximum absolute atomic E-state index is 12.1. The van der Waals surface area contributed by atoms with Gasteiger partial charge < -0.3 is 10.6 Å². The van der Waals surface area contributed by atoms with Gasteiger partial charge in [0, 0.05) is 13.1 Å². The van der Waals surface area contributed by atoms with Crippen molar-refractivity contribution < 1.29 is 4.79 Å². The smallest absolute Gasteiger partial charge is 0.257 e. The molecule has 0 aromatic carbocycles. The minimum atomic E-state index is -1.33. The molecule has 0 saturated carbocycles. The average Bonchev–Trinajstić information content (AvgIpc) is 2.79. The van der Waals surface area contributed by atoms with Gasteiger partial charge >= 0.3 is 0 Å². The lowest BCUT2D eigenvalue weighted by Crippen LogP contribution is -2.57. The summed E-state index contributed by atoms with van der Waals surface area (Å²) < 4.78 is 0. The van der Waals surface area contributed by atoms with Gasteiger partial charge in [0.15, 0.2) is 5.54 Å². The van der Waals surface area contributed by atoms with Crippen molar-refractivity contribution in [2.75, 3.05) is 13.1 Å². The van der Waals surface area contributed by atoms with E-state index in [1.165, 1.54) is 0 Å². The Bertz CT molecular complexity index is 278. The highest BCUT2D eigenvalue weighted by Gasteiger charge is 2.42. The first-order chi connectivity index (χ1) is 7.06. The van der Waals surface area contributed by atoms with Gasteiger partial charge in [0.2, 0.25) is 0 Å². The van der Waals surface area contributed by atoms with E-state index in [2.05, 4.69) is 0 Å². The zero-order chi connectivity index (χ0) is 11.5. The van der Waals surface area contributed by atoms with Gasteiger partial charge in [0.05, 0.1) is 6.07 Å². The van der Waals surface area contributed by atoms with Crippen LogP contribution in [0.5, 0.6) is 0 Å². The number of nitrogens with two attached hydrogens (primary N) is 1. The highest BCUT2D eigenvalue weighted by atomic mass is 16.2. The molecule has 4 nitrogen and oxygen atoms in total. The van der Waals surface area contributed by atoms with E-state index < -0.39 is 5.54 Å². The molecule has 2 N–H and O–H groups in total. The Labute approximate surface area is 91.0 Å². The van der Waals surface area contributed by atoms with Gasteiger partial charge in [-0.15, -0.1) is 0 Å². The zero-order valence-electron chi connectivity index (χ0n) is 9.49. The van der Waals surface area contributed by atoms with Gasteiger partial charge in [-0.2, -0.15) is 5.26 Å². The summed E-state index contributed by atoms with van der Waals surface area (Å²) in [5.41, 5.74) is 4.59. The van der Waals surface area contributed by atoms with Crippen molar-refractivity contribution in [2.24, 2.45) is 11.7 Å². The van der Waals surface area contributed by atoms with E-state index in [4.69, 9.17) is 11.0 Å². The van der Waals surface area contributed by atoms with Gasteiger partial charge in [-0.3, -0.25) is 4.79 Å². The lowest BCUT2D eigenvalue weighted by Gasteiger charge is -2.30. The van der Waals surface area contributed by atoms with Gasteiger partial charge in [0.25, 0.3) is 5.91 Å². The van der Waals surface area contributed by atoms with E-state index in [1.54, 1.807) is 4.90 Å². The van der Waals surface area contributed by atoms with E-state index in [1.807, 2.05) is 19.9 Å². The Kier molecular flexibility index (Phi) is 3.70. The molecule has 1 saturated heterocycles. The van der Waals surface area contributed by atoms with Crippen LogP contribution in [0.3, 0.4) is 0 Å². The Hall–Kier alpha value is -1.08. The molecule has 0 aromatic rings.